The minimum absolute atomic E-state index is 0.188. The molecule has 0 unspecified atom stereocenters. The highest BCUT2D eigenvalue weighted by Crippen LogP contribution is 2.47. The van der Waals surface area contributed by atoms with Crippen molar-refractivity contribution >= 4 is 21.6 Å². The summed E-state index contributed by atoms with van der Waals surface area (Å²) < 4.78 is 7.53. The molecule has 0 spiro atoms. The molecule has 29 heavy (non-hydrogen) atoms. The Hall–Kier alpha value is -2.59. The van der Waals surface area contributed by atoms with E-state index in [1.165, 1.54) is 11.1 Å². The first-order valence-electron chi connectivity index (χ1n) is 10.1. The molecule has 0 amide bonds. The summed E-state index contributed by atoms with van der Waals surface area (Å²) in [6.07, 6.45) is 0.659. The quantitative estimate of drug-likeness (QED) is 0.440. The van der Waals surface area contributed by atoms with Crippen molar-refractivity contribution in [3.05, 3.63) is 99.5 Å². The number of benzene rings is 3. The fraction of sp³-hybridized carbons (Fsp3) is 0.240. The third-order valence-electron chi connectivity index (χ3n) is 5.76. The van der Waals surface area contributed by atoms with Gasteiger partial charge in [0.1, 0.15) is 5.75 Å². The highest BCUT2D eigenvalue weighted by Gasteiger charge is 2.40. The monoisotopic (exact) mass is 446 g/mol. The summed E-state index contributed by atoms with van der Waals surface area (Å²) in [5.74, 6) is 1.47. The third-order valence-corrected chi connectivity index (χ3v) is 6.29. The molecule has 2 aliphatic heterocycles. The van der Waals surface area contributed by atoms with Crippen molar-refractivity contribution < 1.29 is 4.74 Å². The molecule has 2 heterocycles. The van der Waals surface area contributed by atoms with Gasteiger partial charge in [-0.05, 0) is 35.2 Å². The van der Waals surface area contributed by atoms with Gasteiger partial charge in [0.25, 0.3) is 0 Å². The van der Waals surface area contributed by atoms with Crippen LogP contribution in [0.4, 0.5) is 0 Å². The van der Waals surface area contributed by atoms with Crippen molar-refractivity contribution in [2.75, 3.05) is 0 Å². The van der Waals surface area contributed by atoms with E-state index in [-0.39, 0.29) is 12.3 Å². The van der Waals surface area contributed by atoms with Crippen LogP contribution in [0.5, 0.6) is 5.75 Å². The van der Waals surface area contributed by atoms with Gasteiger partial charge in [0, 0.05) is 22.0 Å². The highest BCUT2D eigenvalue weighted by atomic mass is 79.9. The van der Waals surface area contributed by atoms with Crippen LogP contribution in [0, 0.1) is 0 Å². The Kier molecular flexibility index (Phi) is 4.67. The molecule has 3 nitrogen and oxygen atoms in total. The van der Waals surface area contributed by atoms with E-state index in [2.05, 4.69) is 102 Å². The van der Waals surface area contributed by atoms with Crippen LogP contribution in [0.2, 0.25) is 0 Å². The maximum atomic E-state index is 6.45. The van der Waals surface area contributed by atoms with Gasteiger partial charge in [-0.25, -0.2) is 5.01 Å². The van der Waals surface area contributed by atoms with Crippen LogP contribution in [-0.2, 0) is 0 Å². The SMILES string of the molecule is CC(C)c1ccc([C@@H]2Oc3ccccc3[C@H]3CC(c4ccc(Br)cc4)=NN32)cc1. The first kappa shape index (κ1) is 18.4. The number of halogens is 1. The van der Waals surface area contributed by atoms with Crippen molar-refractivity contribution in [1.82, 2.24) is 5.01 Å². The molecule has 0 aromatic heterocycles. The summed E-state index contributed by atoms with van der Waals surface area (Å²) in [6, 6.07) is 25.7. The Morgan fingerprint density at radius 3 is 2.41 bits per heavy atom. The topological polar surface area (TPSA) is 24.8 Å². The van der Waals surface area contributed by atoms with E-state index < -0.39 is 0 Å². The second-order valence-electron chi connectivity index (χ2n) is 7.98. The van der Waals surface area contributed by atoms with E-state index in [4.69, 9.17) is 9.84 Å². The van der Waals surface area contributed by atoms with Crippen molar-refractivity contribution in [1.29, 1.82) is 0 Å². The zero-order valence-electron chi connectivity index (χ0n) is 16.5. The minimum atomic E-state index is -0.218. The Morgan fingerprint density at radius 1 is 0.966 bits per heavy atom. The summed E-state index contributed by atoms with van der Waals surface area (Å²) in [5, 5.41) is 7.18. The molecule has 146 valence electrons. The smallest absolute Gasteiger partial charge is 0.213 e. The van der Waals surface area contributed by atoms with Gasteiger partial charge in [0.15, 0.2) is 0 Å². The normalized spacial score (nSPS) is 20.1. The van der Waals surface area contributed by atoms with E-state index >= 15 is 0 Å². The van der Waals surface area contributed by atoms with Crippen molar-refractivity contribution in [3.63, 3.8) is 0 Å². The lowest BCUT2D eigenvalue weighted by atomic mass is 9.95. The first-order valence-corrected chi connectivity index (χ1v) is 10.9. The third kappa shape index (κ3) is 3.36. The number of ether oxygens (including phenoxy) is 1. The maximum Gasteiger partial charge on any atom is 0.213 e. The van der Waals surface area contributed by atoms with Crippen LogP contribution >= 0.6 is 15.9 Å². The molecule has 3 aromatic carbocycles. The van der Waals surface area contributed by atoms with Gasteiger partial charge < -0.3 is 4.74 Å². The lowest BCUT2D eigenvalue weighted by Crippen LogP contribution is -2.33. The molecule has 0 fully saturated rings. The van der Waals surface area contributed by atoms with Gasteiger partial charge in [-0.3, -0.25) is 0 Å². The average molecular weight is 447 g/mol. The maximum absolute atomic E-state index is 6.45. The zero-order valence-corrected chi connectivity index (χ0v) is 18.1. The van der Waals surface area contributed by atoms with Crippen LogP contribution in [0.25, 0.3) is 0 Å². The van der Waals surface area contributed by atoms with Gasteiger partial charge >= 0.3 is 0 Å². The number of hydrogen-bond donors (Lipinski definition) is 0. The van der Waals surface area contributed by atoms with E-state index in [1.54, 1.807) is 0 Å². The van der Waals surface area contributed by atoms with Gasteiger partial charge in [0.2, 0.25) is 6.23 Å². The molecular weight excluding hydrogens is 424 g/mol. The summed E-state index contributed by atoms with van der Waals surface area (Å²) in [4.78, 5) is 0. The Balaban J connectivity index is 1.55. The molecule has 0 saturated heterocycles. The lowest BCUT2D eigenvalue weighted by Gasteiger charge is -2.38. The number of hydrazone groups is 1. The van der Waals surface area contributed by atoms with E-state index in [9.17, 15) is 0 Å². The Morgan fingerprint density at radius 2 is 1.69 bits per heavy atom. The van der Waals surface area contributed by atoms with E-state index in [0.29, 0.717) is 5.92 Å². The predicted molar refractivity (Wildman–Crippen MR) is 120 cm³/mol. The fourth-order valence-electron chi connectivity index (χ4n) is 4.12. The van der Waals surface area contributed by atoms with Crippen LogP contribution < -0.4 is 4.74 Å². The number of nitrogens with zero attached hydrogens (tertiary/aromatic N) is 2. The van der Waals surface area contributed by atoms with Crippen LogP contribution in [0.3, 0.4) is 0 Å². The van der Waals surface area contributed by atoms with Crippen molar-refractivity contribution in [2.24, 2.45) is 5.10 Å². The number of fused-ring (bicyclic) bond motifs is 3. The molecule has 2 atom stereocenters. The molecule has 0 saturated carbocycles. The highest BCUT2D eigenvalue weighted by molar-refractivity contribution is 9.10. The van der Waals surface area contributed by atoms with Crippen LogP contribution in [0.1, 0.15) is 60.7 Å². The summed E-state index contributed by atoms with van der Waals surface area (Å²) in [5.41, 5.74) is 5.94. The summed E-state index contributed by atoms with van der Waals surface area (Å²) in [7, 11) is 0. The number of rotatable bonds is 3. The minimum Gasteiger partial charge on any atom is -0.464 e. The predicted octanol–water partition coefficient (Wildman–Crippen LogP) is 6.81. The molecule has 3 aromatic rings. The van der Waals surface area contributed by atoms with Gasteiger partial charge in [-0.1, -0.05) is 84.4 Å². The standard InChI is InChI=1S/C25H23BrN2O/c1-16(2)17-7-9-19(10-8-17)25-28-23(21-5-3-4-6-24(21)29-25)15-22(27-28)18-11-13-20(26)14-12-18/h3-14,16,23,25H,15H2,1-2H3/t23-,25+/m1/s1. The largest absolute Gasteiger partial charge is 0.464 e. The van der Waals surface area contributed by atoms with Gasteiger partial charge in [-0.2, -0.15) is 5.10 Å². The van der Waals surface area contributed by atoms with E-state index in [0.717, 1.165) is 33.5 Å². The number of para-hydroxylation sites is 1. The van der Waals surface area contributed by atoms with Gasteiger partial charge in [0.05, 0.1) is 11.8 Å². The first-order chi connectivity index (χ1) is 14.1. The van der Waals surface area contributed by atoms with E-state index in [1.807, 2.05) is 6.07 Å². The van der Waals surface area contributed by atoms with Gasteiger partial charge in [-0.15, -0.1) is 0 Å². The number of hydrogen-bond acceptors (Lipinski definition) is 3. The fourth-order valence-corrected chi connectivity index (χ4v) is 4.38. The lowest BCUT2D eigenvalue weighted by molar-refractivity contribution is -0.0190. The summed E-state index contributed by atoms with van der Waals surface area (Å²) in [6.45, 7) is 4.43. The van der Waals surface area contributed by atoms with Crippen molar-refractivity contribution in [2.45, 2.75) is 38.5 Å². The Bertz CT molecular complexity index is 1060. The summed E-state index contributed by atoms with van der Waals surface area (Å²) >= 11 is 3.52. The molecule has 5 rings (SSSR count). The molecule has 0 aliphatic carbocycles. The molecule has 0 N–H and O–H groups in total. The van der Waals surface area contributed by atoms with Crippen LogP contribution in [0.15, 0.2) is 82.4 Å². The molecule has 0 radical (unpaired) electrons. The van der Waals surface area contributed by atoms with Crippen LogP contribution in [-0.4, -0.2) is 10.7 Å². The Labute approximate surface area is 180 Å². The average Bonchev–Trinajstić information content (AvgIpc) is 3.19. The zero-order chi connectivity index (χ0) is 20.0. The molecule has 4 heteroatoms. The second kappa shape index (κ2) is 7.34. The van der Waals surface area contributed by atoms with Crippen molar-refractivity contribution in [3.8, 4) is 5.75 Å². The molecule has 2 aliphatic rings. The second-order valence-corrected chi connectivity index (χ2v) is 8.90. The molecule has 0 bridgehead atoms. The molecular formula is C25H23BrN2O.